The van der Waals surface area contributed by atoms with Crippen molar-refractivity contribution in [3.63, 3.8) is 0 Å². The van der Waals surface area contributed by atoms with Crippen molar-refractivity contribution in [2.24, 2.45) is 0 Å². The van der Waals surface area contributed by atoms with E-state index < -0.39 is 10.9 Å². The maximum atomic E-state index is 11.1. The number of nitro groups is 1. The van der Waals surface area contributed by atoms with Crippen LogP contribution in [0.2, 0.25) is 0 Å². The number of benzene rings is 1. The molecule has 0 atom stereocenters. The third kappa shape index (κ3) is 2.94. The number of carboxylic acids is 1. The fourth-order valence-corrected chi connectivity index (χ4v) is 2.06. The van der Waals surface area contributed by atoms with Gasteiger partial charge in [-0.3, -0.25) is 14.9 Å². The molecule has 0 saturated heterocycles. The summed E-state index contributed by atoms with van der Waals surface area (Å²) in [5.74, 6) is -1.25. The first-order chi connectivity index (χ1) is 9.49. The highest BCUT2D eigenvalue weighted by molar-refractivity contribution is 7.99. The lowest BCUT2D eigenvalue weighted by Crippen LogP contribution is -1.97. The summed E-state index contributed by atoms with van der Waals surface area (Å²) in [6, 6.07) is 4.76. The van der Waals surface area contributed by atoms with Gasteiger partial charge in [0.25, 0.3) is 16.8 Å². The van der Waals surface area contributed by atoms with E-state index in [0.717, 1.165) is 11.8 Å². The van der Waals surface area contributed by atoms with Crippen LogP contribution in [0.5, 0.6) is 0 Å². The first kappa shape index (κ1) is 14.0. The minimum atomic E-state index is -1.02. The van der Waals surface area contributed by atoms with E-state index in [1.807, 2.05) is 0 Å². The average Bonchev–Trinajstić information content (AvgIpc) is 2.84. The maximum Gasteiger partial charge on any atom is 0.314 e. The third-order valence-corrected chi connectivity index (χ3v) is 3.18. The molecule has 0 spiro atoms. The lowest BCUT2D eigenvalue weighted by molar-refractivity contribution is -0.384. The van der Waals surface area contributed by atoms with Crippen molar-refractivity contribution in [2.45, 2.75) is 12.1 Å². The highest BCUT2D eigenvalue weighted by Gasteiger charge is 2.22. The monoisotopic (exact) mass is 295 g/mol. The highest BCUT2D eigenvalue weighted by Crippen LogP contribution is 2.32. The lowest BCUT2D eigenvalue weighted by Gasteiger charge is -2.00. The number of rotatable bonds is 5. The summed E-state index contributed by atoms with van der Waals surface area (Å²) in [5.41, 5.74) is 0.584. The van der Waals surface area contributed by atoms with Crippen molar-refractivity contribution in [3.8, 4) is 11.5 Å². The van der Waals surface area contributed by atoms with E-state index in [1.54, 1.807) is 19.1 Å². The molecular weight excluding hydrogens is 286 g/mol. The Bertz CT molecular complexity index is 670. The molecule has 1 aromatic heterocycles. The Morgan fingerprint density at radius 1 is 1.50 bits per heavy atom. The minimum Gasteiger partial charge on any atom is -0.481 e. The van der Waals surface area contributed by atoms with Crippen LogP contribution in [-0.2, 0) is 4.79 Å². The number of nitrogens with zero attached hydrogens (tertiary/aromatic N) is 3. The summed E-state index contributed by atoms with van der Waals surface area (Å²) in [6.45, 7) is 1.61. The molecule has 0 fully saturated rings. The van der Waals surface area contributed by atoms with Gasteiger partial charge in [-0.2, -0.15) is 0 Å². The molecule has 8 nitrogen and oxygen atoms in total. The second-order valence-corrected chi connectivity index (χ2v) is 4.71. The molecule has 0 aliphatic carbocycles. The molecule has 0 aliphatic heterocycles. The van der Waals surface area contributed by atoms with Crippen molar-refractivity contribution >= 4 is 23.4 Å². The van der Waals surface area contributed by atoms with Crippen LogP contribution in [0.4, 0.5) is 5.69 Å². The zero-order valence-electron chi connectivity index (χ0n) is 10.3. The number of aryl methyl sites for hydroxylation is 1. The molecule has 1 aromatic carbocycles. The van der Waals surface area contributed by atoms with Crippen LogP contribution in [0.1, 0.15) is 5.56 Å². The molecule has 0 aliphatic rings. The summed E-state index contributed by atoms with van der Waals surface area (Å²) in [7, 11) is 0. The van der Waals surface area contributed by atoms with Gasteiger partial charge in [-0.1, -0.05) is 23.9 Å². The van der Waals surface area contributed by atoms with Gasteiger partial charge >= 0.3 is 5.97 Å². The Morgan fingerprint density at radius 2 is 2.25 bits per heavy atom. The van der Waals surface area contributed by atoms with E-state index in [2.05, 4.69) is 10.2 Å². The van der Waals surface area contributed by atoms with Crippen molar-refractivity contribution in [1.29, 1.82) is 0 Å². The van der Waals surface area contributed by atoms with Crippen LogP contribution >= 0.6 is 11.8 Å². The molecule has 0 saturated carbocycles. The van der Waals surface area contributed by atoms with Gasteiger partial charge in [0.15, 0.2) is 0 Å². The van der Waals surface area contributed by atoms with E-state index in [-0.39, 0.29) is 28.1 Å². The molecule has 0 unspecified atom stereocenters. The average molecular weight is 295 g/mol. The first-order valence-electron chi connectivity index (χ1n) is 5.41. The number of nitro benzene ring substituents is 1. The SMILES string of the molecule is Cc1cccc(-c2nnc(SCC(=O)O)o2)c1[N+](=O)[O-]. The molecular formula is C11H9N3O5S. The van der Waals surface area contributed by atoms with E-state index in [1.165, 1.54) is 6.07 Å². The smallest absolute Gasteiger partial charge is 0.314 e. The van der Waals surface area contributed by atoms with Gasteiger partial charge < -0.3 is 9.52 Å². The number of carboxylic acid groups (broad SMARTS) is 1. The number of thioether (sulfide) groups is 1. The van der Waals surface area contributed by atoms with E-state index in [9.17, 15) is 14.9 Å². The predicted molar refractivity (Wildman–Crippen MR) is 69.5 cm³/mol. The van der Waals surface area contributed by atoms with Crippen molar-refractivity contribution < 1.29 is 19.2 Å². The van der Waals surface area contributed by atoms with Gasteiger partial charge in [0.2, 0.25) is 0 Å². The van der Waals surface area contributed by atoms with Crippen LogP contribution in [0.15, 0.2) is 27.8 Å². The number of aromatic nitrogens is 2. The van der Waals surface area contributed by atoms with E-state index >= 15 is 0 Å². The Kier molecular flexibility index (Phi) is 3.99. The topological polar surface area (TPSA) is 119 Å². The standard InChI is InChI=1S/C11H9N3O5S/c1-6-3-2-4-7(9(6)14(17)18)10-12-13-11(19-10)20-5-8(15)16/h2-4H,5H2,1H3,(H,15,16). The van der Waals surface area contributed by atoms with Gasteiger partial charge in [-0.05, 0) is 13.0 Å². The molecule has 1 heterocycles. The van der Waals surface area contributed by atoms with Gasteiger partial charge in [-0.15, -0.1) is 10.2 Å². The van der Waals surface area contributed by atoms with Crippen LogP contribution in [0.3, 0.4) is 0 Å². The molecule has 0 amide bonds. The quantitative estimate of drug-likeness (QED) is 0.506. The number of hydrogen-bond acceptors (Lipinski definition) is 7. The maximum absolute atomic E-state index is 11.1. The van der Waals surface area contributed by atoms with Crippen LogP contribution in [0, 0.1) is 17.0 Å². The van der Waals surface area contributed by atoms with Crippen molar-refractivity contribution in [2.75, 3.05) is 5.75 Å². The second-order valence-electron chi connectivity index (χ2n) is 3.78. The number of aliphatic carboxylic acids is 1. The Hall–Kier alpha value is -2.42. The minimum absolute atomic E-state index is 0.00621. The molecule has 1 N–H and O–H groups in total. The number of para-hydroxylation sites is 1. The summed E-state index contributed by atoms with van der Waals surface area (Å²) in [6.07, 6.45) is 0. The van der Waals surface area contributed by atoms with Crippen LogP contribution < -0.4 is 0 Å². The highest BCUT2D eigenvalue weighted by atomic mass is 32.2. The molecule has 2 rings (SSSR count). The molecule has 104 valence electrons. The Labute approximate surface area is 117 Å². The fourth-order valence-electron chi connectivity index (χ4n) is 1.57. The molecule has 0 bridgehead atoms. The molecule has 2 aromatic rings. The lowest BCUT2D eigenvalue weighted by atomic mass is 10.1. The summed E-state index contributed by atoms with van der Waals surface area (Å²) in [4.78, 5) is 21.0. The van der Waals surface area contributed by atoms with E-state index in [0.29, 0.717) is 5.56 Å². The van der Waals surface area contributed by atoms with Gasteiger partial charge in [-0.25, -0.2) is 0 Å². The largest absolute Gasteiger partial charge is 0.481 e. The number of hydrogen-bond donors (Lipinski definition) is 1. The Morgan fingerprint density at radius 3 is 2.90 bits per heavy atom. The first-order valence-corrected chi connectivity index (χ1v) is 6.40. The third-order valence-electron chi connectivity index (χ3n) is 2.38. The van der Waals surface area contributed by atoms with Gasteiger partial charge in [0.05, 0.1) is 4.92 Å². The zero-order chi connectivity index (χ0) is 14.7. The predicted octanol–water partition coefficient (Wildman–Crippen LogP) is 2.13. The summed E-state index contributed by atoms with van der Waals surface area (Å²) < 4.78 is 5.24. The van der Waals surface area contributed by atoms with Crippen molar-refractivity contribution in [3.05, 3.63) is 33.9 Å². The summed E-state index contributed by atoms with van der Waals surface area (Å²) in [5, 5.41) is 27.0. The van der Waals surface area contributed by atoms with Crippen LogP contribution in [0.25, 0.3) is 11.5 Å². The molecule has 0 radical (unpaired) electrons. The molecule has 20 heavy (non-hydrogen) atoms. The zero-order valence-corrected chi connectivity index (χ0v) is 11.1. The normalized spacial score (nSPS) is 10.4. The fraction of sp³-hybridized carbons (Fsp3) is 0.182. The van der Waals surface area contributed by atoms with Crippen LogP contribution in [-0.4, -0.2) is 31.9 Å². The van der Waals surface area contributed by atoms with E-state index in [4.69, 9.17) is 9.52 Å². The molecule has 9 heteroatoms. The summed E-state index contributed by atoms with van der Waals surface area (Å²) >= 11 is 0.853. The van der Waals surface area contributed by atoms with Gasteiger partial charge in [0.1, 0.15) is 11.3 Å². The Balaban J connectivity index is 2.35. The van der Waals surface area contributed by atoms with Gasteiger partial charge in [0, 0.05) is 5.56 Å². The second kappa shape index (κ2) is 5.70. The number of carbonyl (C=O) groups is 1. The van der Waals surface area contributed by atoms with Crippen molar-refractivity contribution in [1.82, 2.24) is 10.2 Å².